The highest BCUT2D eigenvalue weighted by atomic mass is 31.1. The van der Waals surface area contributed by atoms with Gasteiger partial charge in [0.15, 0.2) is 0 Å². The van der Waals surface area contributed by atoms with Crippen LogP contribution in [0.5, 0.6) is 0 Å². The number of hydrogen-bond acceptors (Lipinski definition) is 0. The first-order chi connectivity index (χ1) is 5.48. The lowest BCUT2D eigenvalue weighted by Crippen LogP contribution is -2.48. The quantitative estimate of drug-likeness (QED) is 0.579. The monoisotopic (exact) mass is 186 g/mol. The van der Waals surface area contributed by atoms with Crippen molar-refractivity contribution in [1.82, 2.24) is 0 Å². The summed E-state index contributed by atoms with van der Waals surface area (Å²) in [6.45, 7) is 12.2. The Morgan fingerprint density at radius 3 is 2.08 bits per heavy atom. The molecule has 3 unspecified atom stereocenters. The molecule has 3 atom stereocenters. The molecule has 0 bridgehead atoms. The summed E-state index contributed by atoms with van der Waals surface area (Å²) in [5.74, 6) is 0. The maximum absolute atomic E-state index is 2.51. The van der Waals surface area contributed by atoms with Crippen LogP contribution >= 0.6 is 7.92 Å². The summed E-state index contributed by atoms with van der Waals surface area (Å²) in [6.07, 6.45) is 5.68. The summed E-state index contributed by atoms with van der Waals surface area (Å²) in [5, 5.41) is 1.45. The first kappa shape index (κ1) is 10.5. The Labute approximate surface area is 78.9 Å². The largest absolute Gasteiger partial charge is 0.0977 e. The van der Waals surface area contributed by atoms with E-state index in [1.165, 1.54) is 25.7 Å². The van der Waals surface area contributed by atoms with Gasteiger partial charge in [-0.2, -0.15) is 0 Å². The molecule has 12 heavy (non-hydrogen) atoms. The van der Waals surface area contributed by atoms with E-state index in [0.717, 1.165) is 10.3 Å². The topological polar surface area (TPSA) is 0 Å². The van der Waals surface area contributed by atoms with Gasteiger partial charge in [0.25, 0.3) is 0 Å². The molecule has 0 N–H and O–H groups in total. The highest BCUT2D eigenvalue weighted by molar-refractivity contribution is 7.62. The normalized spacial score (nSPS) is 47.2. The van der Waals surface area contributed by atoms with E-state index in [9.17, 15) is 0 Å². The molecule has 1 heterocycles. The highest BCUT2D eigenvalue weighted by Gasteiger charge is 2.53. The molecule has 0 nitrogen and oxygen atoms in total. The average molecular weight is 186 g/mol. The van der Waals surface area contributed by atoms with Crippen molar-refractivity contribution in [2.24, 2.45) is 0 Å². The predicted octanol–water partition coefficient (Wildman–Crippen LogP) is 4.23. The van der Waals surface area contributed by atoms with Crippen LogP contribution in [0.15, 0.2) is 0 Å². The van der Waals surface area contributed by atoms with Gasteiger partial charge in [0.2, 0.25) is 0 Å². The van der Waals surface area contributed by atoms with Crippen molar-refractivity contribution in [2.75, 3.05) is 6.66 Å². The second-order valence-corrected chi connectivity index (χ2v) is 8.11. The van der Waals surface area contributed by atoms with Crippen LogP contribution in [0, 0.1) is 0 Å². The zero-order chi connectivity index (χ0) is 9.41. The van der Waals surface area contributed by atoms with Crippen LogP contribution in [0.1, 0.15) is 53.4 Å². The van der Waals surface area contributed by atoms with Crippen molar-refractivity contribution in [2.45, 2.75) is 63.7 Å². The van der Waals surface area contributed by atoms with Crippen molar-refractivity contribution in [1.29, 1.82) is 0 Å². The summed E-state index contributed by atoms with van der Waals surface area (Å²) < 4.78 is 0. The summed E-state index contributed by atoms with van der Waals surface area (Å²) in [7, 11) is 0.285. The Balaban J connectivity index is 2.57. The predicted molar refractivity (Wildman–Crippen MR) is 59.5 cm³/mol. The molecule has 72 valence electrons. The molecular formula is C11H23P. The smallest absolute Gasteiger partial charge is 0.0112 e. The molecule has 0 spiro atoms. The van der Waals surface area contributed by atoms with Gasteiger partial charge in [-0.05, 0) is 36.2 Å². The lowest BCUT2D eigenvalue weighted by atomic mass is 9.88. The van der Waals surface area contributed by atoms with E-state index in [1.807, 2.05) is 0 Å². The molecule has 1 saturated heterocycles. The Morgan fingerprint density at radius 2 is 1.75 bits per heavy atom. The van der Waals surface area contributed by atoms with Gasteiger partial charge in [-0.3, -0.25) is 0 Å². The Hall–Kier alpha value is 0.430. The molecular weight excluding hydrogens is 163 g/mol. The standard InChI is InChI=1S/C11H23P/c1-6-8-11(4)9-10(3,7-2)12(11)5/h6-9H2,1-5H3. The molecule has 0 aromatic carbocycles. The van der Waals surface area contributed by atoms with Crippen LogP contribution in [0.3, 0.4) is 0 Å². The van der Waals surface area contributed by atoms with Crippen LogP contribution in [-0.4, -0.2) is 17.0 Å². The van der Waals surface area contributed by atoms with Crippen molar-refractivity contribution < 1.29 is 0 Å². The molecule has 0 aromatic rings. The van der Waals surface area contributed by atoms with Gasteiger partial charge in [-0.15, -0.1) is 0 Å². The molecule has 1 aliphatic heterocycles. The van der Waals surface area contributed by atoms with Gasteiger partial charge >= 0.3 is 0 Å². The van der Waals surface area contributed by atoms with Crippen LogP contribution in [0.2, 0.25) is 0 Å². The second kappa shape index (κ2) is 3.29. The molecule has 0 aliphatic carbocycles. The van der Waals surface area contributed by atoms with Gasteiger partial charge in [-0.25, -0.2) is 0 Å². The third kappa shape index (κ3) is 1.43. The van der Waals surface area contributed by atoms with E-state index < -0.39 is 0 Å². The Morgan fingerprint density at radius 1 is 1.17 bits per heavy atom. The third-order valence-corrected chi connectivity index (χ3v) is 8.03. The molecule has 1 aliphatic rings. The van der Waals surface area contributed by atoms with Gasteiger partial charge in [0.05, 0.1) is 0 Å². The highest BCUT2D eigenvalue weighted by Crippen LogP contribution is 2.73. The van der Waals surface area contributed by atoms with Crippen LogP contribution in [-0.2, 0) is 0 Å². The molecule has 0 saturated carbocycles. The third-order valence-electron chi connectivity index (χ3n) is 3.93. The average Bonchev–Trinajstić information content (AvgIpc) is 2.04. The van der Waals surface area contributed by atoms with E-state index in [1.54, 1.807) is 0 Å². The van der Waals surface area contributed by atoms with E-state index in [2.05, 4.69) is 34.4 Å². The molecule has 1 rings (SSSR count). The fourth-order valence-electron chi connectivity index (χ4n) is 2.77. The summed E-state index contributed by atoms with van der Waals surface area (Å²) in [4.78, 5) is 0. The van der Waals surface area contributed by atoms with Crippen LogP contribution < -0.4 is 0 Å². The zero-order valence-corrected chi connectivity index (χ0v) is 10.2. The van der Waals surface area contributed by atoms with Crippen molar-refractivity contribution in [3.05, 3.63) is 0 Å². The second-order valence-electron chi connectivity index (χ2n) is 4.83. The SMILES string of the molecule is CCCC1(C)CC(C)(CC)P1C. The maximum atomic E-state index is 2.51. The Kier molecular flexibility index (Phi) is 2.88. The zero-order valence-electron chi connectivity index (χ0n) is 9.28. The van der Waals surface area contributed by atoms with Crippen molar-refractivity contribution in [3.8, 4) is 0 Å². The maximum Gasteiger partial charge on any atom is -0.0112 e. The summed E-state index contributed by atoms with van der Waals surface area (Å²) in [6, 6.07) is 0. The van der Waals surface area contributed by atoms with Gasteiger partial charge in [0, 0.05) is 0 Å². The first-order valence-corrected chi connectivity index (χ1v) is 7.01. The Bertz CT molecular complexity index is 166. The van der Waals surface area contributed by atoms with Crippen LogP contribution in [0.25, 0.3) is 0 Å². The van der Waals surface area contributed by atoms with E-state index in [-0.39, 0.29) is 7.92 Å². The molecule has 1 heteroatoms. The van der Waals surface area contributed by atoms with Gasteiger partial charge < -0.3 is 0 Å². The van der Waals surface area contributed by atoms with Crippen molar-refractivity contribution >= 4 is 7.92 Å². The van der Waals surface area contributed by atoms with Gasteiger partial charge in [0.1, 0.15) is 0 Å². The van der Waals surface area contributed by atoms with Crippen molar-refractivity contribution in [3.63, 3.8) is 0 Å². The van der Waals surface area contributed by atoms with E-state index >= 15 is 0 Å². The molecule has 0 aromatic heterocycles. The number of hydrogen-bond donors (Lipinski definition) is 0. The minimum Gasteiger partial charge on any atom is -0.0977 e. The molecule has 0 amide bonds. The molecule has 0 radical (unpaired) electrons. The lowest BCUT2D eigenvalue weighted by molar-refractivity contribution is 0.372. The molecule has 1 fully saturated rings. The van der Waals surface area contributed by atoms with E-state index in [0.29, 0.717) is 0 Å². The summed E-state index contributed by atoms with van der Waals surface area (Å²) >= 11 is 0. The van der Waals surface area contributed by atoms with Crippen LogP contribution in [0.4, 0.5) is 0 Å². The lowest BCUT2D eigenvalue weighted by Gasteiger charge is -2.60. The summed E-state index contributed by atoms with van der Waals surface area (Å²) in [5.41, 5.74) is 0. The minimum atomic E-state index is 0.285. The number of rotatable bonds is 3. The van der Waals surface area contributed by atoms with E-state index in [4.69, 9.17) is 0 Å². The fraction of sp³-hybridized carbons (Fsp3) is 1.00. The van der Waals surface area contributed by atoms with Gasteiger partial charge in [-0.1, -0.05) is 42.0 Å². The minimum absolute atomic E-state index is 0.285. The fourth-order valence-corrected chi connectivity index (χ4v) is 6.01. The first-order valence-electron chi connectivity index (χ1n) is 5.22.